The van der Waals surface area contributed by atoms with Gasteiger partial charge < -0.3 is 4.74 Å². The molecule has 7 nitrogen and oxygen atoms in total. The van der Waals surface area contributed by atoms with E-state index in [0.717, 1.165) is 22.3 Å². The van der Waals surface area contributed by atoms with Crippen LogP contribution in [0.4, 0.5) is 5.69 Å². The molecule has 194 valence electrons. The Balaban J connectivity index is 1.33. The summed E-state index contributed by atoms with van der Waals surface area (Å²) in [6.45, 7) is 1.20. The minimum atomic E-state index is -0.428. The van der Waals surface area contributed by atoms with Crippen molar-refractivity contribution in [1.29, 1.82) is 0 Å². The van der Waals surface area contributed by atoms with Crippen LogP contribution in [0.3, 0.4) is 0 Å². The van der Waals surface area contributed by atoms with Crippen LogP contribution in [0, 0.1) is 10.1 Å². The quantitative estimate of drug-likeness (QED) is 0.133. The highest BCUT2D eigenvalue weighted by molar-refractivity contribution is 8.18. The number of non-ortho nitro benzene ring substituents is 1. The van der Waals surface area contributed by atoms with E-state index < -0.39 is 4.92 Å². The second kappa shape index (κ2) is 12.2. The number of hydrogen-bond donors (Lipinski definition) is 0. The Morgan fingerprint density at radius 3 is 2.23 bits per heavy atom. The van der Waals surface area contributed by atoms with E-state index >= 15 is 0 Å². The van der Waals surface area contributed by atoms with Crippen LogP contribution in [0.2, 0.25) is 0 Å². The lowest BCUT2D eigenvalue weighted by atomic mass is 10.2. The van der Waals surface area contributed by atoms with Crippen molar-refractivity contribution in [2.75, 3.05) is 0 Å². The summed E-state index contributed by atoms with van der Waals surface area (Å²) in [5.41, 5.74) is 3.80. The number of hydrogen-bond acceptors (Lipinski definition) is 6. The van der Waals surface area contributed by atoms with Gasteiger partial charge in [-0.1, -0.05) is 72.8 Å². The van der Waals surface area contributed by atoms with E-state index in [-0.39, 0.29) is 18.2 Å². The Hall–Kier alpha value is -4.69. The fraction of sp³-hybridized carbons (Fsp3) is 0.0968. The average Bonchev–Trinajstić information content (AvgIpc) is 3.25. The number of thioether (sulfide) groups is 1. The average molecular weight is 536 g/mol. The highest BCUT2D eigenvalue weighted by Gasteiger charge is 2.33. The van der Waals surface area contributed by atoms with Gasteiger partial charge in [-0.2, -0.15) is 0 Å². The molecule has 0 aliphatic carbocycles. The Labute approximate surface area is 230 Å². The normalized spacial score (nSPS) is 15.2. The zero-order chi connectivity index (χ0) is 27.0. The molecule has 0 atom stereocenters. The van der Waals surface area contributed by atoms with Crippen LogP contribution in [0.5, 0.6) is 5.75 Å². The summed E-state index contributed by atoms with van der Waals surface area (Å²) in [4.78, 5) is 31.0. The molecule has 0 bridgehead atoms. The highest BCUT2D eigenvalue weighted by atomic mass is 32.2. The second-order valence-electron chi connectivity index (χ2n) is 8.86. The SMILES string of the molecule is O=C1/C(=C/c2cccc(OCc3ccc([N+](=O)[O-])cc3)c2)SC(=NCc2ccccc2)N1Cc1ccccc1. The third-order valence-electron chi connectivity index (χ3n) is 6.02. The number of aliphatic imine (C=N–C) groups is 1. The van der Waals surface area contributed by atoms with Gasteiger partial charge in [-0.05, 0) is 64.4 Å². The summed E-state index contributed by atoms with van der Waals surface area (Å²) in [5.74, 6) is 0.546. The van der Waals surface area contributed by atoms with Gasteiger partial charge in [-0.15, -0.1) is 0 Å². The standard InChI is InChI=1S/C31H25N3O4S/c35-30-29(19-26-12-7-13-28(18-26)38-22-25-14-16-27(17-15-25)34(36)37)39-31(32-20-23-8-3-1-4-9-23)33(30)21-24-10-5-2-6-11-24/h1-19H,20-22H2/b29-19-,32-31?. The predicted molar refractivity (Wildman–Crippen MR) is 154 cm³/mol. The van der Waals surface area contributed by atoms with Gasteiger partial charge in [0.05, 0.1) is 22.9 Å². The topological polar surface area (TPSA) is 85.0 Å². The first-order valence-corrected chi connectivity index (χ1v) is 13.2. The van der Waals surface area contributed by atoms with E-state index in [1.165, 1.54) is 23.9 Å². The third kappa shape index (κ3) is 6.80. The Bertz CT molecular complexity index is 1520. The molecule has 0 spiro atoms. The minimum absolute atomic E-state index is 0.0408. The molecule has 1 aliphatic rings. The molecule has 1 fully saturated rings. The van der Waals surface area contributed by atoms with E-state index in [2.05, 4.69) is 0 Å². The van der Waals surface area contributed by atoms with Crippen molar-refractivity contribution in [2.45, 2.75) is 19.7 Å². The molecule has 1 aliphatic heterocycles. The monoisotopic (exact) mass is 535 g/mol. The molecule has 1 amide bonds. The minimum Gasteiger partial charge on any atom is -0.489 e. The second-order valence-corrected chi connectivity index (χ2v) is 9.87. The number of nitro benzene ring substituents is 1. The summed E-state index contributed by atoms with van der Waals surface area (Å²) in [6.07, 6.45) is 1.86. The van der Waals surface area contributed by atoms with Crippen molar-refractivity contribution in [2.24, 2.45) is 4.99 Å². The third-order valence-corrected chi connectivity index (χ3v) is 7.06. The van der Waals surface area contributed by atoms with Gasteiger partial charge in [0, 0.05) is 12.1 Å². The molecule has 0 radical (unpaired) electrons. The molecular weight excluding hydrogens is 510 g/mol. The Morgan fingerprint density at radius 1 is 0.846 bits per heavy atom. The van der Waals surface area contributed by atoms with Crippen molar-refractivity contribution in [3.05, 3.63) is 146 Å². The van der Waals surface area contributed by atoms with Gasteiger partial charge in [-0.25, -0.2) is 0 Å². The van der Waals surface area contributed by atoms with E-state index in [1.54, 1.807) is 17.0 Å². The maximum Gasteiger partial charge on any atom is 0.269 e. The summed E-state index contributed by atoms with van der Waals surface area (Å²) in [5, 5.41) is 11.5. The molecule has 8 heteroatoms. The highest BCUT2D eigenvalue weighted by Crippen LogP contribution is 2.34. The van der Waals surface area contributed by atoms with E-state index in [1.807, 2.05) is 91.0 Å². The van der Waals surface area contributed by atoms with Gasteiger partial charge in [0.25, 0.3) is 11.6 Å². The summed E-state index contributed by atoms with van der Waals surface area (Å²) < 4.78 is 5.91. The van der Waals surface area contributed by atoms with Crippen molar-refractivity contribution >= 4 is 34.6 Å². The number of amides is 1. The Kier molecular flexibility index (Phi) is 8.14. The lowest BCUT2D eigenvalue weighted by Gasteiger charge is -2.15. The molecule has 1 heterocycles. The first-order valence-electron chi connectivity index (χ1n) is 12.3. The van der Waals surface area contributed by atoms with Crippen LogP contribution in [0.1, 0.15) is 22.3 Å². The maximum absolute atomic E-state index is 13.5. The summed E-state index contributed by atoms with van der Waals surface area (Å²) in [6, 6.07) is 33.6. The van der Waals surface area contributed by atoms with Gasteiger partial charge >= 0.3 is 0 Å². The fourth-order valence-corrected chi connectivity index (χ4v) is 4.98. The number of nitro groups is 1. The molecule has 39 heavy (non-hydrogen) atoms. The predicted octanol–water partition coefficient (Wildman–Crippen LogP) is 6.85. The molecule has 1 saturated heterocycles. The number of nitrogens with zero attached hydrogens (tertiary/aromatic N) is 3. The molecule has 4 aromatic rings. The number of rotatable bonds is 9. The molecule has 0 N–H and O–H groups in total. The van der Waals surface area contributed by atoms with Crippen molar-refractivity contribution < 1.29 is 14.5 Å². The Morgan fingerprint density at radius 2 is 1.54 bits per heavy atom. The zero-order valence-corrected chi connectivity index (χ0v) is 21.8. The first-order chi connectivity index (χ1) is 19.0. The molecule has 5 rings (SSSR count). The number of amidine groups is 1. The summed E-state index contributed by atoms with van der Waals surface area (Å²) in [7, 11) is 0. The molecule has 0 aromatic heterocycles. The van der Waals surface area contributed by atoms with E-state index in [0.29, 0.717) is 28.9 Å². The number of carbonyl (C=O) groups excluding carboxylic acids is 1. The van der Waals surface area contributed by atoms with Gasteiger partial charge in [0.15, 0.2) is 5.17 Å². The lowest BCUT2D eigenvalue weighted by molar-refractivity contribution is -0.384. The van der Waals surface area contributed by atoms with Crippen LogP contribution >= 0.6 is 11.8 Å². The molecule has 4 aromatic carbocycles. The van der Waals surface area contributed by atoms with Crippen molar-refractivity contribution in [1.82, 2.24) is 4.90 Å². The number of benzene rings is 4. The van der Waals surface area contributed by atoms with Crippen LogP contribution in [0.15, 0.2) is 119 Å². The van der Waals surface area contributed by atoms with Gasteiger partial charge in [-0.3, -0.25) is 24.8 Å². The van der Waals surface area contributed by atoms with E-state index in [4.69, 9.17) is 9.73 Å². The van der Waals surface area contributed by atoms with E-state index in [9.17, 15) is 14.9 Å². The van der Waals surface area contributed by atoms with Gasteiger partial charge in [0.1, 0.15) is 12.4 Å². The lowest BCUT2D eigenvalue weighted by Crippen LogP contribution is -2.28. The molecule has 0 saturated carbocycles. The van der Waals surface area contributed by atoms with Gasteiger partial charge in [0.2, 0.25) is 0 Å². The fourth-order valence-electron chi connectivity index (χ4n) is 4.00. The molecule has 0 unspecified atom stereocenters. The largest absolute Gasteiger partial charge is 0.489 e. The van der Waals surface area contributed by atoms with Crippen LogP contribution < -0.4 is 4.74 Å². The van der Waals surface area contributed by atoms with Crippen molar-refractivity contribution in [3.63, 3.8) is 0 Å². The summed E-state index contributed by atoms with van der Waals surface area (Å²) >= 11 is 1.37. The number of carbonyl (C=O) groups is 1. The van der Waals surface area contributed by atoms with Crippen LogP contribution in [-0.2, 0) is 24.5 Å². The van der Waals surface area contributed by atoms with Crippen LogP contribution in [-0.4, -0.2) is 20.9 Å². The molecular formula is C31H25N3O4S. The first kappa shape index (κ1) is 25.9. The smallest absolute Gasteiger partial charge is 0.269 e. The van der Waals surface area contributed by atoms with Crippen LogP contribution in [0.25, 0.3) is 6.08 Å². The van der Waals surface area contributed by atoms with Crippen molar-refractivity contribution in [3.8, 4) is 5.75 Å². The zero-order valence-electron chi connectivity index (χ0n) is 21.0. The number of ether oxygens (including phenoxy) is 1. The maximum atomic E-state index is 13.5.